The zero-order valence-corrected chi connectivity index (χ0v) is 14.1. The molecule has 0 spiro atoms. The maximum absolute atomic E-state index is 12.4. The summed E-state index contributed by atoms with van der Waals surface area (Å²) >= 11 is 0. The van der Waals surface area contributed by atoms with Gasteiger partial charge in [-0.3, -0.25) is 21.1 Å². The van der Waals surface area contributed by atoms with Crippen LogP contribution in [0.2, 0.25) is 0 Å². The summed E-state index contributed by atoms with van der Waals surface area (Å²) in [7, 11) is 0. The van der Waals surface area contributed by atoms with Crippen molar-refractivity contribution in [2.45, 2.75) is 20.8 Å². The van der Waals surface area contributed by atoms with Gasteiger partial charge in [-0.05, 0) is 38.0 Å². The van der Waals surface area contributed by atoms with Gasteiger partial charge in [0.15, 0.2) is 5.84 Å². The fraction of sp³-hybridized carbons (Fsp3) is 0.267. The quantitative estimate of drug-likeness (QED) is 0.302. The van der Waals surface area contributed by atoms with E-state index in [9.17, 15) is 9.59 Å². The van der Waals surface area contributed by atoms with Crippen molar-refractivity contribution in [3.8, 4) is 6.07 Å². The fourth-order valence-electron chi connectivity index (χ4n) is 1.96. The number of amides is 2. The first-order valence-electron chi connectivity index (χ1n) is 7.22. The zero-order valence-electron chi connectivity index (χ0n) is 14.1. The average Bonchev–Trinajstić information content (AvgIpc) is 2.52. The van der Waals surface area contributed by atoms with Crippen LogP contribution in [0.25, 0.3) is 0 Å². The van der Waals surface area contributed by atoms with Gasteiger partial charge in [0.2, 0.25) is 5.71 Å². The normalized spacial score (nSPS) is 10.4. The van der Waals surface area contributed by atoms with Gasteiger partial charge in [-0.25, -0.2) is 10.2 Å². The van der Waals surface area contributed by atoms with Crippen molar-refractivity contribution in [1.29, 1.82) is 10.7 Å². The number of carbonyl (C=O) groups is 2. The Bertz CT molecular complexity index is 765. The SMILES string of the molecule is CCOC(=O)NNC(=O)c1c(C)cc(C)cc1N/N=C(\C#N)C(=N)N. The smallest absolute Gasteiger partial charge is 0.426 e. The topological polar surface area (TPSA) is 165 Å². The molecule has 10 heteroatoms. The predicted octanol–water partition coefficient (Wildman–Crippen LogP) is 0.922. The van der Waals surface area contributed by atoms with Gasteiger partial charge in [-0.15, -0.1) is 0 Å². The van der Waals surface area contributed by atoms with Crippen molar-refractivity contribution < 1.29 is 14.3 Å². The molecule has 0 bridgehead atoms. The van der Waals surface area contributed by atoms with Gasteiger partial charge < -0.3 is 10.5 Å². The van der Waals surface area contributed by atoms with E-state index in [1.165, 1.54) is 0 Å². The lowest BCUT2D eigenvalue weighted by atomic mass is 10.0. The first kappa shape index (κ1) is 19.4. The first-order valence-corrected chi connectivity index (χ1v) is 7.22. The molecule has 0 atom stereocenters. The number of carbonyl (C=O) groups excluding carboxylic acids is 2. The van der Waals surface area contributed by atoms with E-state index < -0.39 is 17.8 Å². The molecule has 1 aromatic rings. The van der Waals surface area contributed by atoms with E-state index in [1.807, 2.05) is 6.92 Å². The number of hydrogen-bond donors (Lipinski definition) is 5. The van der Waals surface area contributed by atoms with Gasteiger partial charge >= 0.3 is 6.09 Å². The minimum Gasteiger partial charge on any atom is -0.449 e. The summed E-state index contributed by atoms with van der Waals surface area (Å²) in [5.74, 6) is -1.11. The van der Waals surface area contributed by atoms with Crippen LogP contribution >= 0.6 is 0 Å². The molecular weight excluding hydrogens is 326 g/mol. The Labute approximate surface area is 144 Å². The Morgan fingerprint density at radius 2 is 2.04 bits per heavy atom. The Morgan fingerprint density at radius 3 is 2.60 bits per heavy atom. The maximum Gasteiger partial charge on any atom is 0.426 e. The minimum atomic E-state index is -0.795. The molecule has 0 heterocycles. The van der Waals surface area contributed by atoms with Crippen LogP contribution in [0.5, 0.6) is 0 Å². The predicted molar refractivity (Wildman–Crippen MR) is 92.1 cm³/mol. The van der Waals surface area contributed by atoms with E-state index in [0.29, 0.717) is 5.56 Å². The molecule has 0 saturated carbocycles. The van der Waals surface area contributed by atoms with Crippen LogP contribution in [0.1, 0.15) is 28.4 Å². The van der Waals surface area contributed by atoms with E-state index >= 15 is 0 Å². The fourth-order valence-corrected chi connectivity index (χ4v) is 1.96. The second kappa shape index (κ2) is 8.88. The number of anilines is 1. The van der Waals surface area contributed by atoms with Crippen molar-refractivity contribution in [3.05, 3.63) is 28.8 Å². The highest BCUT2D eigenvalue weighted by molar-refractivity contribution is 6.45. The molecule has 10 nitrogen and oxygen atoms in total. The summed E-state index contributed by atoms with van der Waals surface area (Å²) in [6.45, 7) is 5.32. The van der Waals surface area contributed by atoms with Crippen LogP contribution in [0, 0.1) is 30.6 Å². The number of hydrogen-bond acceptors (Lipinski definition) is 7. The molecule has 0 aromatic heterocycles. The van der Waals surface area contributed by atoms with Crippen LogP contribution in [0.4, 0.5) is 10.5 Å². The number of nitrogens with two attached hydrogens (primary N) is 1. The molecule has 0 unspecified atom stereocenters. The molecule has 2 amide bonds. The summed E-state index contributed by atoms with van der Waals surface area (Å²) in [5, 5.41) is 19.8. The third-order valence-corrected chi connectivity index (χ3v) is 2.91. The lowest BCUT2D eigenvalue weighted by Crippen LogP contribution is -2.42. The number of nitriles is 1. The van der Waals surface area contributed by atoms with E-state index in [2.05, 4.69) is 26.1 Å². The molecule has 0 radical (unpaired) electrons. The second-order valence-electron chi connectivity index (χ2n) is 4.90. The molecule has 0 saturated heterocycles. The average molecular weight is 345 g/mol. The largest absolute Gasteiger partial charge is 0.449 e. The van der Waals surface area contributed by atoms with Crippen molar-refractivity contribution >= 4 is 29.2 Å². The van der Waals surface area contributed by atoms with Crippen molar-refractivity contribution in [1.82, 2.24) is 10.9 Å². The highest BCUT2D eigenvalue weighted by Gasteiger charge is 2.16. The van der Waals surface area contributed by atoms with Gasteiger partial charge in [0, 0.05) is 0 Å². The summed E-state index contributed by atoms with van der Waals surface area (Å²) in [5.41, 5.74) is 13.7. The number of amidine groups is 1. The molecule has 25 heavy (non-hydrogen) atoms. The number of nitrogens with zero attached hydrogens (tertiary/aromatic N) is 2. The first-order chi connectivity index (χ1) is 11.8. The number of nitrogens with one attached hydrogen (secondary N) is 4. The molecule has 0 aliphatic rings. The summed E-state index contributed by atoms with van der Waals surface area (Å²) in [4.78, 5) is 23.6. The van der Waals surface area contributed by atoms with Gasteiger partial charge in [0.05, 0.1) is 17.9 Å². The number of ether oxygens (including phenoxy) is 1. The molecule has 132 valence electrons. The van der Waals surface area contributed by atoms with Crippen molar-refractivity contribution in [2.75, 3.05) is 12.0 Å². The number of hydrazine groups is 1. The number of hydrazone groups is 1. The van der Waals surface area contributed by atoms with Gasteiger partial charge in [0.1, 0.15) is 6.07 Å². The number of aryl methyl sites for hydroxylation is 2. The van der Waals surface area contributed by atoms with E-state index in [0.717, 1.165) is 5.56 Å². The highest BCUT2D eigenvalue weighted by Crippen LogP contribution is 2.22. The molecule has 1 aromatic carbocycles. The second-order valence-corrected chi connectivity index (χ2v) is 4.90. The number of benzene rings is 1. The van der Waals surface area contributed by atoms with E-state index in [-0.39, 0.29) is 23.6 Å². The molecule has 0 aliphatic heterocycles. The van der Waals surface area contributed by atoms with Crippen LogP contribution < -0.4 is 22.0 Å². The third kappa shape index (κ3) is 5.51. The summed E-state index contributed by atoms with van der Waals surface area (Å²) in [6.07, 6.45) is -0.795. The maximum atomic E-state index is 12.4. The lowest BCUT2D eigenvalue weighted by Gasteiger charge is -2.14. The third-order valence-electron chi connectivity index (χ3n) is 2.91. The van der Waals surface area contributed by atoms with E-state index in [4.69, 9.17) is 16.4 Å². The van der Waals surface area contributed by atoms with Crippen LogP contribution in [-0.2, 0) is 4.74 Å². The van der Waals surface area contributed by atoms with Gasteiger partial charge in [0.25, 0.3) is 5.91 Å². The molecule has 0 fully saturated rings. The summed E-state index contributed by atoms with van der Waals surface area (Å²) < 4.78 is 4.65. The minimum absolute atomic E-state index is 0.161. The van der Waals surface area contributed by atoms with Crippen molar-refractivity contribution in [2.24, 2.45) is 10.8 Å². The monoisotopic (exact) mass is 345 g/mol. The summed E-state index contributed by atoms with van der Waals surface area (Å²) in [6, 6.07) is 5.07. The molecular formula is C15H19N7O3. The van der Waals surface area contributed by atoms with Gasteiger partial charge in [-0.1, -0.05) is 6.07 Å². The van der Waals surface area contributed by atoms with Crippen LogP contribution in [0.3, 0.4) is 0 Å². The van der Waals surface area contributed by atoms with Crippen LogP contribution in [-0.4, -0.2) is 30.2 Å². The van der Waals surface area contributed by atoms with E-state index in [1.54, 1.807) is 32.0 Å². The zero-order chi connectivity index (χ0) is 19.0. The van der Waals surface area contributed by atoms with Crippen molar-refractivity contribution in [3.63, 3.8) is 0 Å². The molecule has 6 N–H and O–H groups in total. The number of rotatable bonds is 5. The standard InChI is InChI=1S/C15H19N7O3/c1-4-25-15(24)22-21-14(23)12-9(3)5-8(2)6-10(12)19-20-11(7-16)13(17)18/h5-6,19H,4H2,1-3H3,(H3,17,18)(H,21,23)(H,22,24)/b20-11+. The molecule has 1 rings (SSSR count). The Hall–Kier alpha value is -3.61. The Balaban J connectivity index is 3.10. The van der Waals surface area contributed by atoms with Crippen LogP contribution in [0.15, 0.2) is 17.2 Å². The Morgan fingerprint density at radius 1 is 1.36 bits per heavy atom. The van der Waals surface area contributed by atoms with Gasteiger partial charge in [-0.2, -0.15) is 10.4 Å². The molecule has 0 aliphatic carbocycles. The highest BCUT2D eigenvalue weighted by atomic mass is 16.5. The Kier molecular flexibility index (Phi) is 6.90. The lowest BCUT2D eigenvalue weighted by molar-refractivity contribution is 0.0913.